The van der Waals surface area contributed by atoms with Crippen LogP contribution < -0.4 is 4.57 Å². The Hall–Kier alpha value is -1.63. The zero-order valence-electron chi connectivity index (χ0n) is 13.9. The predicted octanol–water partition coefficient (Wildman–Crippen LogP) is 4.63. The molecule has 114 valence electrons. The fourth-order valence-corrected chi connectivity index (χ4v) is 4.85. The summed E-state index contributed by atoms with van der Waals surface area (Å²) in [7, 11) is 2.27. The minimum atomic E-state index is 0.510. The fraction of sp³-hybridized carbons (Fsp3) is 0.476. The van der Waals surface area contributed by atoms with Gasteiger partial charge in [0.25, 0.3) is 0 Å². The third-order valence-electron chi connectivity index (χ3n) is 6.13. The van der Waals surface area contributed by atoms with E-state index >= 15 is 0 Å². The molecule has 1 fully saturated rings. The molecule has 1 saturated carbocycles. The van der Waals surface area contributed by atoms with Crippen molar-refractivity contribution in [2.45, 2.75) is 57.3 Å². The smallest absolute Gasteiger partial charge is 0.198 e. The van der Waals surface area contributed by atoms with Crippen LogP contribution in [0.1, 0.15) is 55.3 Å². The summed E-state index contributed by atoms with van der Waals surface area (Å²) in [5.41, 5.74) is 7.86. The summed E-state index contributed by atoms with van der Waals surface area (Å²) in [6.45, 7) is 2.21. The number of hydrogen-bond acceptors (Lipinski definition) is 0. The second-order valence-electron chi connectivity index (χ2n) is 7.29. The van der Waals surface area contributed by atoms with Gasteiger partial charge in [0, 0.05) is 29.0 Å². The first-order valence-corrected chi connectivity index (χ1v) is 8.80. The minimum absolute atomic E-state index is 0.510. The van der Waals surface area contributed by atoms with Crippen LogP contribution in [0.4, 0.5) is 0 Å². The molecule has 22 heavy (non-hydrogen) atoms. The zero-order valence-corrected chi connectivity index (χ0v) is 13.9. The third-order valence-corrected chi connectivity index (χ3v) is 6.13. The molecule has 0 amide bonds. The largest absolute Gasteiger partial charge is 0.212 e. The predicted molar refractivity (Wildman–Crippen MR) is 90.9 cm³/mol. The molecule has 2 aromatic rings. The van der Waals surface area contributed by atoms with Gasteiger partial charge in [0.1, 0.15) is 7.05 Å². The molecule has 1 aromatic carbocycles. The highest BCUT2D eigenvalue weighted by Crippen LogP contribution is 2.48. The molecule has 1 heteroatoms. The summed E-state index contributed by atoms with van der Waals surface area (Å²) in [6.07, 6.45) is 9.71. The molecule has 1 spiro atoms. The average molecular weight is 292 g/mol. The van der Waals surface area contributed by atoms with E-state index in [1.807, 2.05) is 0 Å². The molecule has 0 unspecified atom stereocenters. The van der Waals surface area contributed by atoms with Crippen LogP contribution in [0.15, 0.2) is 36.4 Å². The van der Waals surface area contributed by atoms with Gasteiger partial charge in [-0.3, -0.25) is 0 Å². The third kappa shape index (κ3) is 2.02. The molecular weight excluding hydrogens is 266 g/mol. The number of pyridine rings is 1. The lowest BCUT2D eigenvalue weighted by Crippen LogP contribution is -2.37. The summed E-state index contributed by atoms with van der Waals surface area (Å²) < 4.78 is 2.47. The molecule has 0 N–H and O–H groups in total. The van der Waals surface area contributed by atoms with Crippen LogP contribution in [0.3, 0.4) is 0 Å². The van der Waals surface area contributed by atoms with Crippen LogP contribution in [0.5, 0.6) is 0 Å². The van der Waals surface area contributed by atoms with E-state index in [1.54, 1.807) is 11.3 Å². The van der Waals surface area contributed by atoms with E-state index < -0.39 is 0 Å². The van der Waals surface area contributed by atoms with Crippen LogP contribution in [0.2, 0.25) is 0 Å². The molecule has 0 bridgehead atoms. The highest BCUT2D eigenvalue weighted by molar-refractivity contribution is 5.61. The van der Waals surface area contributed by atoms with Gasteiger partial charge in [0.15, 0.2) is 5.69 Å². The second-order valence-corrected chi connectivity index (χ2v) is 7.29. The van der Waals surface area contributed by atoms with Crippen molar-refractivity contribution in [1.82, 2.24) is 0 Å². The van der Waals surface area contributed by atoms with E-state index in [0.717, 1.165) is 0 Å². The van der Waals surface area contributed by atoms with E-state index in [0.29, 0.717) is 5.41 Å². The Morgan fingerprint density at radius 1 is 0.909 bits per heavy atom. The van der Waals surface area contributed by atoms with E-state index in [2.05, 4.69) is 54.9 Å². The Labute approximate surface area is 134 Å². The minimum Gasteiger partial charge on any atom is -0.198 e. The summed E-state index contributed by atoms with van der Waals surface area (Å²) in [4.78, 5) is 0. The van der Waals surface area contributed by atoms with Gasteiger partial charge in [-0.1, -0.05) is 37.5 Å². The number of nitrogens with zero attached hydrogens (tertiary/aromatic N) is 1. The summed E-state index contributed by atoms with van der Waals surface area (Å²) in [5.74, 6) is 0. The van der Waals surface area contributed by atoms with Gasteiger partial charge in [-0.25, -0.2) is 0 Å². The van der Waals surface area contributed by atoms with Gasteiger partial charge in [-0.15, -0.1) is 0 Å². The standard InChI is InChI=1S/C21H26N/c1-16-8-4-5-9-17(16)19-11-10-18-20(22(19)2)12-15-21(18)13-6-3-7-14-21/h4-5,8-11H,3,6-7,12-15H2,1-2H3/q+1. The Morgan fingerprint density at radius 3 is 2.45 bits per heavy atom. The maximum absolute atomic E-state index is 2.47. The van der Waals surface area contributed by atoms with Crippen molar-refractivity contribution in [2.24, 2.45) is 7.05 Å². The number of aromatic nitrogens is 1. The van der Waals surface area contributed by atoms with Gasteiger partial charge in [-0.2, -0.15) is 4.57 Å². The van der Waals surface area contributed by atoms with Gasteiger partial charge < -0.3 is 0 Å². The van der Waals surface area contributed by atoms with E-state index in [-0.39, 0.29) is 0 Å². The molecule has 1 heterocycles. The summed E-state index contributed by atoms with van der Waals surface area (Å²) in [6, 6.07) is 13.6. The van der Waals surface area contributed by atoms with Crippen molar-refractivity contribution < 1.29 is 4.57 Å². The van der Waals surface area contributed by atoms with Crippen LogP contribution in [-0.4, -0.2) is 0 Å². The van der Waals surface area contributed by atoms with Gasteiger partial charge in [0.05, 0.1) is 0 Å². The molecule has 2 aliphatic rings. The summed E-state index contributed by atoms with van der Waals surface area (Å²) >= 11 is 0. The maximum atomic E-state index is 2.47. The first-order valence-electron chi connectivity index (χ1n) is 8.80. The molecular formula is C21H26N+. The van der Waals surface area contributed by atoms with Crippen molar-refractivity contribution in [2.75, 3.05) is 0 Å². The normalized spacial score (nSPS) is 19.4. The van der Waals surface area contributed by atoms with Crippen molar-refractivity contribution in [1.29, 1.82) is 0 Å². The quantitative estimate of drug-likeness (QED) is 0.674. The molecule has 4 rings (SSSR count). The SMILES string of the molecule is Cc1ccccc1-c1ccc2c([n+]1C)CCC21CCCCC1. The Balaban J connectivity index is 1.82. The lowest BCUT2D eigenvalue weighted by atomic mass is 9.70. The Bertz CT molecular complexity index is 708. The van der Waals surface area contributed by atoms with Gasteiger partial charge in [-0.05, 0) is 43.9 Å². The first-order chi connectivity index (χ1) is 10.7. The number of fused-ring (bicyclic) bond motifs is 2. The highest BCUT2D eigenvalue weighted by Gasteiger charge is 2.43. The van der Waals surface area contributed by atoms with Crippen LogP contribution in [0, 0.1) is 6.92 Å². The van der Waals surface area contributed by atoms with E-state index in [1.165, 1.54) is 61.8 Å². The molecule has 1 nitrogen and oxygen atoms in total. The fourth-order valence-electron chi connectivity index (χ4n) is 4.85. The van der Waals surface area contributed by atoms with E-state index in [4.69, 9.17) is 0 Å². The van der Waals surface area contributed by atoms with Crippen molar-refractivity contribution in [3.63, 3.8) is 0 Å². The molecule has 0 aliphatic heterocycles. The lowest BCUT2D eigenvalue weighted by molar-refractivity contribution is -0.668. The monoisotopic (exact) mass is 292 g/mol. The molecule has 0 saturated heterocycles. The van der Waals surface area contributed by atoms with Crippen molar-refractivity contribution >= 4 is 0 Å². The zero-order chi connectivity index (χ0) is 15.2. The van der Waals surface area contributed by atoms with Gasteiger partial charge >= 0.3 is 0 Å². The molecule has 1 aromatic heterocycles. The van der Waals surface area contributed by atoms with Crippen LogP contribution in [0.25, 0.3) is 11.3 Å². The number of benzene rings is 1. The lowest BCUT2D eigenvalue weighted by Gasteiger charge is -2.33. The topological polar surface area (TPSA) is 3.88 Å². The maximum Gasteiger partial charge on any atom is 0.212 e. The summed E-state index contributed by atoms with van der Waals surface area (Å²) in [5, 5.41) is 0. The molecule has 0 radical (unpaired) electrons. The second kappa shape index (κ2) is 5.22. The van der Waals surface area contributed by atoms with E-state index in [9.17, 15) is 0 Å². The van der Waals surface area contributed by atoms with Crippen LogP contribution in [-0.2, 0) is 18.9 Å². The number of hydrogen-bond donors (Lipinski definition) is 0. The van der Waals surface area contributed by atoms with Crippen LogP contribution >= 0.6 is 0 Å². The highest BCUT2D eigenvalue weighted by atomic mass is 15.0. The average Bonchev–Trinajstić information content (AvgIpc) is 2.89. The number of aryl methyl sites for hydroxylation is 1. The van der Waals surface area contributed by atoms with Crippen molar-refractivity contribution in [3.8, 4) is 11.3 Å². The Morgan fingerprint density at radius 2 is 1.68 bits per heavy atom. The van der Waals surface area contributed by atoms with Gasteiger partial charge in [0.2, 0.25) is 5.69 Å². The molecule has 0 atom stereocenters. The Kier molecular flexibility index (Phi) is 3.32. The first kappa shape index (κ1) is 14.0. The number of rotatable bonds is 1. The molecule has 2 aliphatic carbocycles. The van der Waals surface area contributed by atoms with Crippen molar-refractivity contribution in [3.05, 3.63) is 53.2 Å².